The fourth-order valence-corrected chi connectivity index (χ4v) is 9.53. The molecule has 0 N–H and O–H groups in total. The second-order valence-corrected chi connectivity index (χ2v) is 13.3. The monoisotopic (exact) mass is 366 g/mol. The van der Waals surface area contributed by atoms with Gasteiger partial charge in [-0.3, -0.25) is 0 Å². The minimum absolute atomic E-state index is 0.0274. The molecule has 146 valence electrons. The van der Waals surface area contributed by atoms with Gasteiger partial charge in [0, 0.05) is 6.61 Å². The van der Waals surface area contributed by atoms with Crippen LogP contribution in [0.5, 0.6) is 0 Å². The lowest BCUT2D eigenvalue weighted by Crippen LogP contribution is -2.47. The summed E-state index contributed by atoms with van der Waals surface area (Å²) < 4.78 is 12.6. The van der Waals surface area contributed by atoms with Crippen LogP contribution >= 0.6 is 0 Å². The third-order valence-corrected chi connectivity index (χ3v) is 11.3. The first kappa shape index (κ1) is 24.4. The molecule has 0 fully saturated rings. The normalized spacial score (nSPS) is 14.8. The topological polar surface area (TPSA) is 18.5 Å². The fourth-order valence-electron chi connectivity index (χ4n) is 4.03. The molecule has 0 spiro atoms. The van der Waals surface area contributed by atoms with Crippen LogP contribution in [0, 0.1) is 0 Å². The van der Waals surface area contributed by atoms with Crippen LogP contribution in [0.25, 0.3) is 0 Å². The van der Waals surface area contributed by atoms with Crippen molar-refractivity contribution in [1.29, 1.82) is 0 Å². The third-order valence-electron chi connectivity index (χ3n) is 5.22. The van der Waals surface area contributed by atoms with Crippen molar-refractivity contribution in [2.45, 2.75) is 96.1 Å². The van der Waals surface area contributed by atoms with Crippen molar-refractivity contribution in [3.05, 3.63) is 38.0 Å². The van der Waals surface area contributed by atoms with Gasteiger partial charge in [-0.15, -0.1) is 19.7 Å². The maximum Gasteiger partial charge on any atom is 0.200 e. The largest absolute Gasteiger partial charge is 0.416 e. The van der Waals surface area contributed by atoms with Crippen molar-refractivity contribution < 1.29 is 9.16 Å². The van der Waals surface area contributed by atoms with E-state index >= 15 is 0 Å². The molecular weight excluding hydrogens is 324 g/mol. The van der Waals surface area contributed by atoms with Crippen molar-refractivity contribution in [1.82, 2.24) is 0 Å². The van der Waals surface area contributed by atoms with E-state index in [1.54, 1.807) is 0 Å². The highest BCUT2D eigenvalue weighted by Crippen LogP contribution is 2.42. The maximum absolute atomic E-state index is 6.61. The lowest BCUT2D eigenvalue weighted by atomic mass is 10.1. The van der Waals surface area contributed by atoms with E-state index in [1.807, 2.05) is 18.2 Å². The Balaban J connectivity index is 4.43. The van der Waals surface area contributed by atoms with E-state index in [-0.39, 0.29) is 12.2 Å². The molecule has 3 heteroatoms. The molecule has 2 atom stereocenters. The Hall–Kier alpha value is -0.643. The van der Waals surface area contributed by atoms with Gasteiger partial charge in [0.1, 0.15) is 0 Å². The summed E-state index contributed by atoms with van der Waals surface area (Å²) in [5, 5.41) is 0. The van der Waals surface area contributed by atoms with Crippen molar-refractivity contribution in [3.63, 3.8) is 0 Å². The van der Waals surface area contributed by atoms with Gasteiger partial charge >= 0.3 is 0 Å². The highest BCUT2D eigenvalue weighted by Gasteiger charge is 2.44. The van der Waals surface area contributed by atoms with Gasteiger partial charge in [0.2, 0.25) is 0 Å². The van der Waals surface area contributed by atoms with Crippen LogP contribution in [0.3, 0.4) is 0 Å². The average molecular weight is 367 g/mol. The summed E-state index contributed by atoms with van der Waals surface area (Å²) in [5.41, 5.74) is 1.93. The van der Waals surface area contributed by atoms with E-state index in [1.165, 1.54) is 0 Å². The predicted molar refractivity (Wildman–Crippen MR) is 115 cm³/mol. The summed E-state index contributed by atoms with van der Waals surface area (Å²) in [6.45, 7) is 26.4. The SMILES string of the molecule is C=CC[C@H](C=C)O[C@@H](C=C)CCCCO[Si](C(C)C)(C(C)C)C(C)C. The van der Waals surface area contributed by atoms with E-state index in [9.17, 15) is 0 Å². The Bertz CT molecular complexity index is 366. The van der Waals surface area contributed by atoms with Crippen molar-refractivity contribution in [2.75, 3.05) is 6.61 Å². The van der Waals surface area contributed by atoms with Crippen LogP contribution in [0.15, 0.2) is 38.0 Å². The van der Waals surface area contributed by atoms with Gasteiger partial charge in [-0.2, -0.15) is 0 Å². The molecule has 0 aliphatic carbocycles. The summed E-state index contributed by atoms with van der Waals surface area (Å²) in [6, 6.07) is 0. The van der Waals surface area contributed by atoms with Gasteiger partial charge in [0.15, 0.2) is 8.32 Å². The van der Waals surface area contributed by atoms with Gasteiger partial charge in [-0.1, -0.05) is 59.8 Å². The molecule has 0 bridgehead atoms. The fraction of sp³-hybridized carbons (Fsp3) is 0.727. The van der Waals surface area contributed by atoms with E-state index in [0.29, 0.717) is 16.6 Å². The summed E-state index contributed by atoms with van der Waals surface area (Å²) in [4.78, 5) is 0. The van der Waals surface area contributed by atoms with Crippen molar-refractivity contribution in [2.24, 2.45) is 0 Å². The van der Waals surface area contributed by atoms with Gasteiger partial charge in [0.25, 0.3) is 0 Å². The van der Waals surface area contributed by atoms with Crippen LogP contribution in [0.2, 0.25) is 16.6 Å². The molecule has 2 nitrogen and oxygen atoms in total. The zero-order valence-corrected chi connectivity index (χ0v) is 18.6. The van der Waals surface area contributed by atoms with Crippen molar-refractivity contribution >= 4 is 8.32 Å². The maximum atomic E-state index is 6.61. The van der Waals surface area contributed by atoms with Gasteiger partial charge in [0.05, 0.1) is 12.2 Å². The first-order chi connectivity index (χ1) is 11.8. The van der Waals surface area contributed by atoms with Crippen LogP contribution in [-0.2, 0) is 9.16 Å². The molecule has 0 aromatic rings. The molecule has 0 amide bonds. The second-order valence-electron chi connectivity index (χ2n) is 7.87. The molecule has 0 saturated heterocycles. The Morgan fingerprint density at radius 2 is 1.32 bits per heavy atom. The van der Waals surface area contributed by atoms with Crippen LogP contribution in [0.1, 0.15) is 67.2 Å². The number of hydrogen-bond donors (Lipinski definition) is 0. The molecule has 0 rings (SSSR count). The van der Waals surface area contributed by atoms with Crippen LogP contribution < -0.4 is 0 Å². The zero-order valence-electron chi connectivity index (χ0n) is 17.6. The second kappa shape index (κ2) is 12.7. The number of hydrogen-bond acceptors (Lipinski definition) is 2. The number of ether oxygens (including phenoxy) is 1. The predicted octanol–water partition coefficient (Wildman–Crippen LogP) is 7.05. The molecule has 0 heterocycles. The minimum atomic E-state index is -1.73. The minimum Gasteiger partial charge on any atom is -0.416 e. The lowest BCUT2D eigenvalue weighted by Gasteiger charge is -2.42. The first-order valence-electron chi connectivity index (χ1n) is 9.91. The van der Waals surface area contributed by atoms with E-state index in [0.717, 1.165) is 32.3 Å². The Labute approximate surface area is 158 Å². The standard InChI is InChI=1S/C22H42O2Si/c1-10-15-21(11-2)24-22(12-3)16-13-14-17-23-25(18(4)5,19(6)7)20(8)9/h10-12,18-22H,1-3,13-17H2,4-9H3/t21-,22-/m0/s1. The molecule has 0 saturated carbocycles. The number of unbranched alkanes of at least 4 members (excludes halogenated alkanes) is 1. The van der Waals surface area contributed by atoms with E-state index < -0.39 is 8.32 Å². The van der Waals surface area contributed by atoms with Gasteiger partial charge in [-0.25, -0.2) is 0 Å². The first-order valence-corrected chi connectivity index (χ1v) is 12.1. The van der Waals surface area contributed by atoms with Crippen molar-refractivity contribution in [3.8, 4) is 0 Å². The zero-order chi connectivity index (χ0) is 19.5. The smallest absolute Gasteiger partial charge is 0.200 e. The summed E-state index contributed by atoms with van der Waals surface area (Å²) >= 11 is 0. The highest BCUT2D eigenvalue weighted by molar-refractivity contribution is 6.77. The third kappa shape index (κ3) is 7.63. The highest BCUT2D eigenvalue weighted by atomic mass is 28.4. The summed E-state index contributed by atoms with van der Waals surface area (Å²) in [7, 11) is -1.73. The molecule has 0 aliphatic rings. The molecule has 0 radical (unpaired) electrons. The molecule has 25 heavy (non-hydrogen) atoms. The van der Waals surface area contributed by atoms with Gasteiger partial charge in [-0.05, 0) is 42.3 Å². The number of rotatable bonds is 15. The van der Waals surface area contributed by atoms with Gasteiger partial charge < -0.3 is 9.16 Å². The Morgan fingerprint density at radius 1 is 0.800 bits per heavy atom. The quantitative estimate of drug-likeness (QED) is 0.176. The van der Waals surface area contributed by atoms with E-state index in [2.05, 4.69) is 61.3 Å². The Kier molecular flexibility index (Phi) is 12.3. The van der Waals surface area contributed by atoms with Crippen LogP contribution in [0.4, 0.5) is 0 Å². The lowest BCUT2D eigenvalue weighted by molar-refractivity contribution is 0.0370. The molecule has 0 aromatic heterocycles. The summed E-state index contributed by atoms with van der Waals surface area (Å²) in [6.07, 6.45) is 9.66. The molecule has 0 aromatic carbocycles. The molecule has 0 unspecified atom stereocenters. The molecular formula is C22H42O2Si. The summed E-state index contributed by atoms with van der Waals surface area (Å²) in [5.74, 6) is 0. The van der Waals surface area contributed by atoms with E-state index in [4.69, 9.17) is 9.16 Å². The average Bonchev–Trinajstić information content (AvgIpc) is 2.54. The molecule has 0 aliphatic heterocycles. The Morgan fingerprint density at radius 3 is 1.72 bits per heavy atom. The van der Waals surface area contributed by atoms with Crippen LogP contribution in [-0.4, -0.2) is 27.1 Å².